The molecule has 3 heteroatoms. The number of nitrogens with zero attached hydrogens (tertiary/aromatic N) is 2. The summed E-state index contributed by atoms with van der Waals surface area (Å²) in [7, 11) is 0. The summed E-state index contributed by atoms with van der Waals surface area (Å²) in [6.07, 6.45) is 6.58. The van der Waals surface area contributed by atoms with Crippen molar-refractivity contribution in [2.45, 2.75) is 38.6 Å². The van der Waals surface area contributed by atoms with Crippen molar-refractivity contribution in [1.29, 1.82) is 0 Å². The Morgan fingerprint density at radius 1 is 1.00 bits per heavy atom. The van der Waals surface area contributed by atoms with Crippen LogP contribution in [0.25, 0.3) is 0 Å². The maximum Gasteiger partial charge on any atom is 0.0398 e. The van der Waals surface area contributed by atoms with Gasteiger partial charge in [0.2, 0.25) is 0 Å². The van der Waals surface area contributed by atoms with E-state index in [2.05, 4.69) is 28.0 Å². The van der Waals surface area contributed by atoms with Gasteiger partial charge in [-0.05, 0) is 68.9 Å². The number of anilines is 1. The molecule has 0 amide bonds. The quantitative estimate of drug-likeness (QED) is 0.894. The predicted molar refractivity (Wildman–Crippen MR) is 85.2 cm³/mol. The minimum atomic E-state index is 0.655. The molecule has 1 aromatic rings. The molecular weight excluding hydrogens is 246 g/mol. The molecule has 0 atom stereocenters. The molecule has 3 rings (SSSR count). The topological polar surface area (TPSA) is 32.5 Å². The van der Waals surface area contributed by atoms with Crippen LogP contribution < -0.4 is 10.6 Å². The van der Waals surface area contributed by atoms with Crippen LogP contribution in [0, 0.1) is 0 Å². The fraction of sp³-hybridized carbons (Fsp3) is 0.647. The van der Waals surface area contributed by atoms with Gasteiger partial charge in [-0.25, -0.2) is 0 Å². The highest BCUT2D eigenvalue weighted by Crippen LogP contribution is 2.28. The van der Waals surface area contributed by atoms with E-state index in [9.17, 15) is 0 Å². The van der Waals surface area contributed by atoms with Gasteiger partial charge in [-0.3, -0.25) is 0 Å². The highest BCUT2D eigenvalue weighted by molar-refractivity contribution is 5.56. The zero-order chi connectivity index (χ0) is 13.8. The lowest BCUT2D eigenvalue weighted by atomic mass is 9.99. The number of hydrogen-bond acceptors (Lipinski definition) is 3. The van der Waals surface area contributed by atoms with E-state index >= 15 is 0 Å². The van der Waals surface area contributed by atoms with Crippen LogP contribution in [0.3, 0.4) is 0 Å². The Balaban J connectivity index is 1.58. The van der Waals surface area contributed by atoms with Crippen molar-refractivity contribution < 1.29 is 0 Å². The summed E-state index contributed by atoms with van der Waals surface area (Å²) in [4.78, 5) is 5.19. The van der Waals surface area contributed by atoms with Crippen molar-refractivity contribution in [3.63, 3.8) is 0 Å². The lowest BCUT2D eigenvalue weighted by molar-refractivity contribution is 0.334. The van der Waals surface area contributed by atoms with Crippen LogP contribution in [0.2, 0.25) is 0 Å². The van der Waals surface area contributed by atoms with E-state index in [1.165, 1.54) is 81.6 Å². The average Bonchev–Trinajstić information content (AvgIpc) is 3.00. The minimum absolute atomic E-state index is 0.655. The maximum absolute atomic E-state index is 5.75. The van der Waals surface area contributed by atoms with Gasteiger partial charge in [0.05, 0.1) is 0 Å². The molecule has 0 unspecified atom stereocenters. The highest BCUT2D eigenvalue weighted by atomic mass is 15.2. The second kappa shape index (κ2) is 6.59. The first-order valence-corrected chi connectivity index (χ1v) is 8.16. The summed E-state index contributed by atoms with van der Waals surface area (Å²) >= 11 is 0. The standard InChI is InChI=1S/C17H27N3/c18-14-15-6-7-17-16(13-15)5-3-11-20(17)12-4-10-19-8-1-2-9-19/h6-7,13H,1-5,8-12,14,18H2. The first-order valence-electron chi connectivity index (χ1n) is 8.16. The zero-order valence-corrected chi connectivity index (χ0v) is 12.5. The van der Waals surface area contributed by atoms with Crippen LogP contribution in [0.4, 0.5) is 5.69 Å². The molecule has 0 radical (unpaired) electrons. The molecule has 110 valence electrons. The smallest absolute Gasteiger partial charge is 0.0398 e. The van der Waals surface area contributed by atoms with Gasteiger partial charge in [0, 0.05) is 25.3 Å². The van der Waals surface area contributed by atoms with Gasteiger partial charge in [0.25, 0.3) is 0 Å². The zero-order valence-electron chi connectivity index (χ0n) is 12.5. The Morgan fingerprint density at radius 2 is 1.85 bits per heavy atom. The van der Waals surface area contributed by atoms with E-state index in [4.69, 9.17) is 5.73 Å². The molecule has 1 fully saturated rings. The average molecular weight is 273 g/mol. The van der Waals surface area contributed by atoms with Crippen LogP contribution in [0.15, 0.2) is 18.2 Å². The SMILES string of the molecule is NCc1ccc2c(c1)CCCN2CCCN1CCCC1. The molecule has 2 aliphatic heterocycles. The molecule has 0 aliphatic carbocycles. The number of rotatable bonds is 5. The van der Waals surface area contributed by atoms with Crippen molar-refractivity contribution in [3.05, 3.63) is 29.3 Å². The number of nitrogens with two attached hydrogens (primary N) is 1. The Hall–Kier alpha value is -1.06. The molecule has 2 heterocycles. The van der Waals surface area contributed by atoms with E-state index in [1.807, 2.05) is 0 Å². The second-order valence-electron chi connectivity index (χ2n) is 6.16. The van der Waals surface area contributed by atoms with Gasteiger partial charge in [-0.1, -0.05) is 12.1 Å². The van der Waals surface area contributed by atoms with Crippen molar-refractivity contribution in [1.82, 2.24) is 4.90 Å². The van der Waals surface area contributed by atoms with Gasteiger partial charge < -0.3 is 15.5 Å². The molecule has 0 spiro atoms. The fourth-order valence-electron chi connectivity index (χ4n) is 3.58. The largest absolute Gasteiger partial charge is 0.371 e. The Kier molecular flexibility index (Phi) is 4.58. The molecule has 0 aromatic heterocycles. The van der Waals surface area contributed by atoms with Crippen molar-refractivity contribution in [3.8, 4) is 0 Å². The van der Waals surface area contributed by atoms with Gasteiger partial charge in [-0.2, -0.15) is 0 Å². The number of hydrogen-bond donors (Lipinski definition) is 1. The molecule has 3 nitrogen and oxygen atoms in total. The third kappa shape index (κ3) is 3.15. The monoisotopic (exact) mass is 273 g/mol. The highest BCUT2D eigenvalue weighted by Gasteiger charge is 2.17. The lowest BCUT2D eigenvalue weighted by Gasteiger charge is -2.32. The molecule has 0 saturated carbocycles. The molecule has 20 heavy (non-hydrogen) atoms. The van der Waals surface area contributed by atoms with Gasteiger partial charge in [-0.15, -0.1) is 0 Å². The van der Waals surface area contributed by atoms with E-state index in [1.54, 1.807) is 0 Å². The Bertz CT molecular complexity index is 438. The van der Waals surface area contributed by atoms with Crippen molar-refractivity contribution in [2.24, 2.45) is 5.73 Å². The van der Waals surface area contributed by atoms with Crippen LogP contribution in [-0.4, -0.2) is 37.6 Å². The molecule has 1 saturated heterocycles. The van der Waals surface area contributed by atoms with Crippen molar-refractivity contribution >= 4 is 5.69 Å². The predicted octanol–water partition coefficient (Wildman–Crippen LogP) is 2.38. The number of aryl methyl sites for hydroxylation is 1. The van der Waals surface area contributed by atoms with Crippen molar-refractivity contribution in [2.75, 3.05) is 37.6 Å². The van der Waals surface area contributed by atoms with Crippen LogP contribution in [0.5, 0.6) is 0 Å². The Morgan fingerprint density at radius 3 is 2.65 bits per heavy atom. The third-order valence-electron chi connectivity index (χ3n) is 4.70. The van der Waals surface area contributed by atoms with Gasteiger partial charge in [0.15, 0.2) is 0 Å². The molecule has 0 bridgehead atoms. The third-order valence-corrected chi connectivity index (χ3v) is 4.70. The minimum Gasteiger partial charge on any atom is -0.371 e. The molecule has 2 N–H and O–H groups in total. The van der Waals surface area contributed by atoms with Gasteiger partial charge in [0.1, 0.15) is 0 Å². The second-order valence-corrected chi connectivity index (χ2v) is 6.16. The van der Waals surface area contributed by atoms with E-state index < -0.39 is 0 Å². The molecule has 2 aliphatic rings. The molecular formula is C17H27N3. The summed E-state index contributed by atoms with van der Waals surface area (Å²) in [6.45, 7) is 6.97. The summed E-state index contributed by atoms with van der Waals surface area (Å²) in [6, 6.07) is 6.78. The molecule has 1 aromatic carbocycles. The summed E-state index contributed by atoms with van der Waals surface area (Å²) in [5.74, 6) is 0. The summed E-state index contributed by atoms with van der Waals surface area (Å²) < 4.78 is 0. The normalized spacial score (nSPS) is 19.4. The van der Waals surface area contributed by atoms with E-state index in [0.29, 0.717) is 6.54 Å². The first-order chi connectivity index (χ1) is 9.86. The lowest BCUT2D eigenvalue weighted by Crippen LogP contribution is -2.32. The Labute approximate surface area is 122 Å². The number of benzene rings is 1. The number of likely N-dealkylation sites (tertiary alicyclic amines) is 1. The first kappa shape index (κ1) is 13.9. The number of fused-ring (bicyclic) bond motifs is 1. The van der Waals surface area contributed by atoms with Crippen LogP contribution >= 0.6 is 0 Å². The van der Waals surface area contributed by atoms with E-state index in [0.717, 1.165) is 0 Å². The van der Waals surface area contributed by atoms with Crippen LogP contribution in [-0.2, 0) is 13.0 Å². The van der Waals surface area contributed by atoms with Gasteiger partial charge >= 0.3 is 0 Å². The summed E-state index contributed by atoms with van der Waals surface area (Å²) in [5, 5.41) is 0. The van der Waals surface area contributed by atoms with Crippen LogP contribution in [0.1, 0.15) is 36.8 Å². The fourth-order valence-corrected chi connectivity index (χ4v) is 3.58. The summed E-state index contributed by atoms with van der Waals surface area (Å²) in [5.41, 5.74) is 9.97. The van der Waals surface area contributed by atoms with E-state index in [-0.39, 0.29) is 0 Å². The maximum atomic E-state index is 5.75.